The van der Waals surface area contributed by atoms with Crippen LogP contribution >= 0.6 is 11.3 Å². The predicted molar refractivity (Wildman–Crippen MR) is 73.9 cm³/mol. The maximum Gasteiger partial charge on any atom is 0.391 e. The van der Waals surface area contributed by atoms with Gasteiger partial charge in [-0.2, -0.15) is 13.2 Å². The number of hydrogen-bond acceptors (Lipinski definition) is 4. The van der Waals surface area contributed by atoms with Gasteiger partial charge in [0.05, 0.1) is 13.0 Å². The second-order valence-electron chi connectivity index (χ2n) is 5.32. The van der Waals surface area contributed by atoms with Crippen LogP contribution in [0.5, 0.6) is 0 Å². The Morgan fingerprint density at radius 1 is 1.48 bits per heavy atom. The standard InChI is InChI=1S/C14H18F3NO2S/c1-20-12(19)13(18-9-11-3-2-8-21-11)6-4-10(5-7-13)14(15,16)17/h2-3,8,10,18H,4-7,9H2,1H3. The fourth-order valence-electron chi connectivity index (χ4n) is 2.76. The topological polar surface area (TPSA) is 38.3 Å². The molecule has 1 aromatic rings. The van der Waals surface area contributed by atoms with Gasteiger partial charge in [-0.25, -0.2) is 0 Å². The molecule has 1 saturated carbocycles. The number of alkyl halides is 3. The summed E-state index contributed by atoms with van der Waals surface area (Å²) in [5.41, 5.74) is -1.000. The number of nitrogens with one attached hydrogen (secondary N) is 1. The lowest BCUT2D eigenvalue weighted by Crippen LogP contribution is -2.55. The molecule has 0 radical (unpaired) electrons. The lowest BCUT2D eigenvalue weighted by molar-refractivity contribution is -0.188. The van der Waals surface area contributed by atoms with Crippen LogP contribution < -0.4 is 5.32 Å². The molecule has 1 aliphatic carbocycles. The lowest BCUT2D eigenvalue weighted by atomic mass is 9.76. The van der Waals surface area contributed by atoms with Gasteiger partial charge in [-0.3, -0.25) is 10.1 Å². The number of halogens is 3. The number of ether oxygens (including phenoxy) is 1. The Labute approximate surface area is 125 Å². The van der Waals surface area contributed by atoms with E-state index in [0.29, 0.717) is 6.54 Å². The molecule has 0 spiro atoms. The Hall–Kier alpha value is -1.08. The van der Waals surface area contributed by atoms with E-state index >= 15 is 0 Å². The van der Waals surface area contributed by atoms with Crippen LogP contribution in [0.3, 0.4) is 0 Å². The van der Waals surface area contributed by atoms with Crippen LogP contribution in [0.25, 0.3) is 0 Å². The first-order valence-electron chi connectivity index (χ1n) is 6.80. The quantitative estimate of drug-likeness (QED) is 0.863. The molecule has 0 atom stereocenters. The van der Waals surface area contributed by atoms with Gasteiger partial charge in [0.1, 0.15) is 5.54 Å². The largest absolute Gasteiger partial charge is 0.468 e. The van der Waals surface area contributed by atoms with Crippen LogP contribution in [0, 0.1) is 5.92 Å². The molecule has 1 aromatic heterocycles. The lowest BCUT2D eigenvalue weighted by Gasteiger charge is -2.39. The normalized spacial score (nSPS) is 26.6. The number of carbonyl (C=O) groups is 1. The highest BCUT2D eigenvalue weighted by Crippen LogP contribution is 2.41. The molecule has 0 aromatic carbocycles. The van der Waals surface area contributed by atoms with Gasteiger partial charge < -0.3 is 4.74 Å². The summed E-state index contributed by atoms with van der Waals surface area (Å²) < 4.78 is 43.1. The summed E-state index contributed by atoms with van der Waals surface area (Å²) in [5.74, 6) is -1.79. The SMILES string of the molecule is COC(=O)C1(NCc2cccs2)CCC(C(F)(F)F)CC1. The molecule has 3 nitrogen and oxygen atoms in total. The zero-order valence-corrected chi connectivity index (χ0v) is 12.5. The highest BCUT2D eigenvalue weighted by Gasteiger charge is 2.49. The van der Waals surface area contributed by atoms with Crippen molar-refractivity contribution in [2.45, 2.75) is 43.9 Å². The summed E-state index contributed by atoms with van der Waals surface area (Å²) in [6, 6.07) is 3.82. The van der Waals surface area contributed by atoms with Crippen molar-refractivity contribution >= 4 is 17.3 Å². The van der Waals surface area contributed by atoms with Gasteiger partial charge in [0, 0.05) is 11.4 Å². The first kappa shape index (κ1) is 16.3. The van der Waals surface area contributed by atoms with Gasteiger partial charge in [0.2, 0.25) is 0 Å². The number of rotatable bonds is 4. The molecule has 0 bridgehead atoms. The van der Waals surface area contributed by atoms with Crippen molar-refractivity contribution in [3.05, 3.63) is 22.4 Å². The molecule has 0 aliphatic heterocycles. The third-order valence-electron chi connectivity index (χ3n) is 4.06. The highest BCUT2D eigenvalue weighted by atomic mass is 32.1. The van der Waals surface area contributed by atoms with Crippen molar-refractivity contribution in [1.29, 1.82) is 0 Å². The Balaban J connectivity index is 2.04. The summed E-state index contributed by atoms with van der Waals surface area (Å²) in [4.78, 5) is 13.1. The number of thiophene rings is 1. The first-order chi connectivity index (χ1) is 9.87. The van der Waals surface area contributed by atoms with Crippen molar-refractivity contribution in [3.63, 3.8) is 0 Å². The van der Waals surface area contributed by atoms with Gasteiger partial charge in [-0.05, 0) is 37.1 Å². The molecule has 0 saturated heterocycles. The van der Waals surface area contributed by atoms with Crippen molar-refractivity contribution in [1.82, 2.24) is 5.32 Å². The number of hydrogen-bond donors (Lipinski definition) is 1. The summed E-state index contributed by atoms with van der Waals surface area (Å²) >= 11 is 1.54. The van der Waals surface area contributed by atoms with Crippen LogP contribution in [-0.2, 0) is 16.1 Å². The molecule has 21 heavy (non-hydrogen) atoms. The fraction of sp³-hybridized carbons (Fsp3) is 0.643. The summed E-state index contributed by atoms with van der Waals surface area (Å²) in [6.45, 7) is 0.462. The van der Waals surface area contributed by atoms with Gasteiger partial charge in [0.15, 0.2) is 0 Å². The smallest absolute Gasteiger partial charge is 0.391 e. The monoisotopic (exact) mass is 321 g/mol. The average Bonchev–Trinajstić information content (AvgIpc) is 2.97. The van der Waals surface area contributed by atoms with Crippen LogP contribution in [0.2, 0.25) is 0 Å². The van der Waals surface area contributed by atoms with Crippen molar-refractivity contribution in [2.75, 3.05) is 7.11 Å². The molecule has 118 valence electrons. The third-order valence-corrected chi connectivity index (χ3v) is 4.94. The Morgan fingerprint density at radius 3 is 2.62 bits per heavy atom. The van der Waals surface area contributed by atoms with Gasteiger partial charge >= 0.3 is 12.1 Å². The molecule has 0 amide bonds. The van der Waals surface area contributed by atoms with Crippen LogP contribution in [-0.4, -0.2) is 24.8 Å². The first-order valence-corrected chi connectivity index (χ1v) is 7.68. The molecule has 2 rings (SSSR count). The molecular formula is C14H18F3NO2S. The Bertz CT molecular complexity index is 465. The Kier molecular flexibility index (Phi) is 4.93. The van der Waals surface area contributed by atoms with E-state index in [4.69, 9.17) is 4.74 Å². The summed E-state index contributed by atoms with van der Waals surface area (Å²) in [5, 5.41) is 5.05. The van der Waals surface area contributed by atoms with Crippen molar-refractivity contribution < 1.29 is 22.7 Å². The summed E-state index contributed by atoms with van der Waals surface area (Å²) in [7, 11) is 1.27. The third kappa shape index (κ3) is 3.77. The van der Waals surface area contributed by atoms with Gasteiger partial charge in [-0.15, -0.1) is 11.3 Å². The van der Waals surface area contributed by atoms with Crippen LogP contribution in [0.1, 0.15) is 30.6 Å². The van der Waals surface area contributed by atoms with Crippen LogP contribution in [0.4, 0.5) is 13.2 Å². The average molecular weight is 321 g/mol. The number of esters is 1. The zero-order chi connectivity index (χ0) is 15.5. The molecule has 7 heteroatoms. The predicted octanol–water partition coefficient (Wildman–Crippen LogP) is 3.50. The minimum atomic E-state index is -4.18. The molecule has 1 aliphatic rings. The maximum atomic E-state index is 12.8. The summed E-state index contributed by atoms with van der Waals surface area (Å²) in [6.07, 6.45) is -3.98. The van der Waals surface area contributed by atoms with E-state index in [0.717, 1.165) is 4.88 Å². The van der Waals surface area contributed by atoms with E-state index in [9.17, 15) is 18.0 Å². The van der Waals surface area contributed by atoms with E-state index < -0.39 is 23.6 Å². The molecule has 0 unspecified atom stereocenters. The highest BCUT2D eigenvalue weighted by molar-refractivity contribution is 7.09. The molecular weight excluding hydrogens is 303 g/mol. The zero-order valence-electron chi connectivity index (χ0n) is 11.7. The van der Waals surface area contributed by atoms with Crippen molar-refractivity contribution in [3.8, 4) is 0 Å². The second kappa shape index (κ2) is 6.36. The maximum absolute atomic E-state index is 12.8. The van der Waals surface area contributed by atoms with E-state index in [1.54, 1.807) is 0 Å². The van der Waals surface area contributed by atoms with E-state index in [1.807, 2.05) is 17.5 Å². The minimum absolute atomic E-state index is 0.0456. The van der Waals surface area contributed by atoms with Crippen molar-refractivity contribution in [2.24, 2.45) is 5.92 Å². The minimum Gasteiger partial charge on any atom is -0.468 e. The van der Waals surface area contributed by atoms with E-state index in [2.05, 4.69) is 5.32 Å². The van der Waals surface area contributed by atoms with E-state index in [1.165, 1.54) is 18.4 Å². The molecule has 1 heterocycles. The molecule has 1 N–H and O–H groups in total. The van der Waals surface area contributed by atoms with Crippen LogP contribution in [0.15, 0.2) is 17.5 Å². The second-order valence-corrected chi connectivity index (χ2v) is 6.35. The van der Waals surface area contributed by atoms with Gasteiger partial charge in [-0.1, -0.05) is 6.07 Å². The molecule has 1 fully saturated rings. The number of methoxy groups -OCH3 is 1. The fourth-order valence-corrected chi connectivity index (χ4v) is 3.40. The van der Waals surface area contributed by atoms with Gasteiger partial charge in [0.25, 0.3) is 0 Å². The van der Waals surface area contributed by atoms with E-state index in [-0.39, 0.29) is 25.7 Å². The number of carbonyl (C=O) groups excluding carboxylic acids is 1. The Morgan fingerprint density at radius 2 is 2.14 bits per heavy atom.